The summed E-state index contributed by atoms with van der Waals surface area (Å²) in [7, 11) is 0. The molecule has 3 rings (SSSR count). The number of carboxylic acids is 1. The number of imide groups is 1. The first-order valence-corrected chi connectivity index (χ1v) is 7.57. The van der Waals surface area contributed by atoms with Gasteiger partial charge in [0.05, 0.1) is 23.3 Å². The lowest BCUT2D eigenvalue weighted by atomic mass is 9.71. The predicted octanol–water partition coefficient (Wildman–Crippen LogP) is 1.80. The second-order valence-electron chi connectivity index (χ2n) is 6.67. The Balaban J connectivity index is 1.93. The molecule has 2 amide bonds. The van der Waals surface area contributed by atoms with Crippen molar-refractivity contribution in [1.29, 1.82) is 0 Å². The average molecular weight is 279 g/mol. The summed E-state index contributed by atoms with van der Waals surface area (Å²) < 4.78 is 0. The number of carbonyl (C=O) groups excluding carboxylic acids is 2. The number of carbonyl (C=O) groups is 3. The molecule has 2 aliphatic carbocycles. The summed E-state index contributed by atoms with van der Waals surface area (Å²) in [6, 6.07) is -0.459. The number of fused-ring (bicyclic) bond motifs is 1. The highest BCUT2D eigenvalue weighted by molar-refractivity contribution is 6.06. The van der Waals surface area contributed by atoms with Crippen molar-refractivity contribution in [3.63, 3.8) is 0 Å². The SMILES string of the molecule is CC1(C(=O)O)CCCCC1N1C(=O)C2CCCC2C1=O. The van der Waals surface area contributed by atoms with Gasteiger partial charge < -0.3 is 5.11 Å². The Morgan fingerprint density at radius 1 is 1.10 bits per heavy atom. The predicted molar refractivity (Wildman–Crippen MR) is 70.7 cm³/mol. The summed E-state index contributed by atoms with van der Waals surface area (Å²) in [4.78, 5) is 38.0. The number of amides is 2. The molecule has 1 aliphatic heterocycles. The quantitative estimate of drug-likeness (QED) is 0.782. The monoisotopic (exact) mass is 279 g/mol. The van der Waals surface area contributed by atoms with E-state index >= 15 is 0 Å². The maximum atomic E-state index is 12.5. The fourth-order valence-corrected chi connectivity index (χ4v) is 4.30. The van der Waals surface area contributed by atoms with Gasteiger partial charge in [-0.1, -0.05) is 19.3 Å². The normalized spacial score (nSPS) is 41.0. The maximum Gasteiger partial charge on any atom is 0.311 e. The second-order valence-corrected chi connectivity index (χ2v) is 6.67. The lowest BCUT2D eigenvalue weighted by Gasteiger charge is -2.42. The highest BCUT2D eigenvalue weighted by atomic mass is 16.4. The van der Waals surface area contributed by atoms with Crippen LogP contribution in [0.3, 0.4) is 0 Å². The van der Waals surface area contributed by atoms with E-state index in [0.29, 0.717) is 12.8 Å². The molecule has 2 saturated carbocycles. The van der Waals surface area contributed by atoms with Crippen molar-refractivity contribution in [1.82, 2.24) is 4.90 Å². The first kappa shape index (κ1) is 13.6. The molecule has 4 atom stereocenters. The first-order chi connectivity index (χ1) is 9.47. The Labute approximate surface area is 118 Å². The minimum Gasteiger partial charge on any atom is -0.481 e. The van der Waals surface area contributed by atoms with Gasteiger partial charge in [0.25, 0.3) is 0 Å². The summed E-state index contributed by atoms with van der Waals surface area (Å²) in [6.45, 7) is 1.69. The number of carboxylic acid groups (broad SMARTS) is 1. The zero-order valence-electron chi connectivity index (χ0n) is 11.8. The zero-order chi connectivity index (χ0) is 14.5. The van der Waals surface area contributed by atoms with Crippen LogP contribution in [0.25, 0.3) is 0 Å². The van der Waals surface area contributed by atoms with Crippen LogP contribution >= 0.6 is 0 Å². The molecule has 0 aromatic carbocycles. The Hall–Kier alpha value is -1.39. The van der Waals surface area contributed by atoms with E-state index in [2.05, 4.69) is 0 Å². The van der Waals surface area contributed by atoms with Gasteiger partial charge in [0, 0.05) is 0 Å². The van der Waals surface area contributed by atoms with Crippen molar-refractivity contribution in [3.8, 4) is 0 Å². The van der Waals surface area contributed by atoms with Gasteiger partial charge in [-0.05, 0) is 32.6 Å². The van der Waals surface area contributed by atoms with E-state index < -0.39 is 17.4 Å². The standard InChI is InChI=1S/C15H21NO4/c1-15(14(19)20)8-3-2-7-11(15)16-12(17)9-5-4-6-10(9)13(16)18/h9-11H,2-8H2,1H3,(H,19,20). The van der Waals surface area contributed by atoms with Crippen molar-refractivity contribution in [2.24, 2.45) is 17.3 Å². The smallest absolute Gasteiger partial charge is 0.311 e. The average Bonchev–Trinajstić information content (AvgIpc) is 2.97. The van der Waals surface area contributed by atoms with Crippen molar-refractivity contribution in [2.45, 2.75) is 57.9 Å². The number of hydrogen-bond donors (Lipinski definition) is 1. The lowest BCUT2D eigenvalue weighted by molar-refractivity contribution is -0.160. The summed E-state index contributed by atoms with van der Waals surface area (Å²) in [5.74, 6) is -1.47. The Bertz CT molecular complexity index is 452. The topological polar surface area (TPSA) is 74.7 Å². The third kappa shape index (κ3) is 1.71. The van der Waals surface area contributed by atoms with Crippen LogP contribution in [0.5, 0.6) is 0 Å². The summed E-state index contributed by atoms with van der Waals surface area (Å²) in [5.41, 5.74) is -0.984. The van der Waals surface area contributed by atoms with Crippen LogP contribution in [0.1, 0.15) is 51.9 Å². The van der Waals surface area contributed by atoms with Gasteiger partial charge >= 0.3 is 5.97 Å². The van der Waals surface area contributed by atoms with E-state index in [9.17, 15) is 19.5 Å². The number of rotatable bonds is 2. The Morgan fingerprint density at radius 3 is 2.25 bits per heavy atom. The van der Waals surface area contributed by atoms with Crippen molar-refractivity contribution in [2.75, 3.05) is 0 Å². The summed E-state index contributed by atoms with van der Waals surface area (Å²) in [5, 5.41) is 9.55. The third-order valence-electron chi connectivity index (χ3n) is 5.58. The molecule has 0 bridgehead atoms. The maximum absolute atomic E-state index is 12.5. The van der Waals surface area contributed by atoms with Crippen LogP contribution in [-0.2, 0) is 14.4 Å². The van der Waals surface area contributed by atoms with Crippen LogP contribution in [0.2, 0.25) is 0 Å². The Morgan fingerprint density at radius 2 is 1.70 bits per heavy atom. The van der Waals surface area contributed by atoms with Crippen molar-refractivity contribution in [3.05, 3.63) is 0 Å². The van der Waals surface area contributed by atoms with Crippen LogP contribution in [-0.4, -0.2) is 33.8 Å². The third-order valence-corrected chi connectivity index (χ3v) is 5.58. The van der Waals surface area contributed by atoms with Gasteiger partial charge in [0.15, 0.2) is 0 Å². The largest absolute Gasteiger partial charge is 0.481 e. The molecule has 5 heteroatoms. The van der Waals surface area contributed by atoms with E-state index in [1.807, 2.05) is 0 Å². The number of likely N-dealkylation sites (tertiary alicyclic amines) is 1. The molecule has 3 aliphatic rings. The van der Waals surface area contributed by atoms with Crippen LogP contribution in [0.4, 0.5) is 0 Å². The molecule has 5 nitrogen and oxygen atoms in total. The van der Waals surface area contributed by atoms with E-state index in [1.54, 1.807) is 6.92 Å². The van der Waals surface area contributed by atoms with E-state index in [1.165, 1.54) is 4.90 Å². The van der Waals surface area contributed by atoms with Crippen LogP contribution < -0.4 is 0 Å². The summed E-state index contributed by atoms with van der Waals surface area (Å²) in [6.07, 6.45) is 5.40. The van der Waals surface area contributed by atoms with Gasteiger partial charge in [-0.2, -0.15) is 0 Å². The second kappa shape index (κ2) is 4.57. The fraction of sp³-hybridized carbons (Fsp3) is 0.800. The molecule has 1 N–H and O–H groups in total. The molecule has 0 aromatic heterocycles. The molecule has 0 spiro atoms. The fourth-order valence-electron chi connectivity index (χ4n) is 4.30. The van der Waals surface area contributed by atoms with E-state index in [0.717, 1.165) is 32.1 Å². The number of nitrogens with zero attached hydrogens (tertiary/aromatic N) is 1. The number of aliphatic carboxylic acids is 1. The minimum absolute atomic E-state index is 0.114. The van der Waals surface area contributed by atoms with Crippen LogP contribution in [0, 0.1) is 17.3 Å². The van der Waals surface area contributed by atoms with Crippen molar-refractivity contribution >= 4 is 17.8 Å². The lowest BCUT2D eigenvalue weighted by Crippen LogP contribution is -2.54. The van der Waals surface area contributed by atoms with E-state index in [4.69, 9.17) is 0 Å². The van der Waals surface area contributed by atoms with Gasteiger partial charge in [-0.25, -0.2) is 0 Å². The number of hydrogen-bond acceptors (Lipinski definition) is 3. The van der Waals surface area contributed by atoms with Gasteiger partial charge in [0.2, 0.25) is 11.8 Å². The molecule has 110 valence electrons. The van der Waals surface area contributed by atoms with Gasteiger partial charge in [-0.3, -0.25) is 19.3 Å². The molecule has 4 unspecified atom stereocenters. The molecule has 0 radical (unpaired) electrons. The summed E-state index contributed by atoms with van der Waals surface area (Å²) >= 11 is 0. The highest BCUT2D eigenvalue weighted by Gasteiger charge is 2.57. The Kier molecular flexibility index (Phi) is 3.10. The molecule has 0 aromatic rings. The molecular weight excluding hydrogens is 258 g/mol. The molecule has 20 heavy (non-hydrogen) atoms. The van der Waals surface area contributed by atoms with Crippen molar-refractivity contribution < 1.29 is 19.5 Å². The minimum atomic E-state index is -0.984. The van der Waals surface area contributed by atoms with Gasteiger partial charge in [0.1, 0.15) is 0 Å². The molecular formula is C15H21NO4. The zero-order valence-corrected chi connectivity index (χ0v) is 11.8. The first-order valence-electron chi connectivity index (χ1n) is 7.57. The highest BCUT2D eigenvalue weighted by Crippen LogP contribution is 2.46. The molecule has 3 fully saturated rings. The van der Waals surface area contributed by atoms with Crippen LogP contribution in [0.15, 0.2) is 0 Å². The van der Waals surface area contributed by atoms with Gasteiger partial charge in [-0.15, -0.1) is 0 Å². The van der Waals surface area contributed by atoms with E-state index in [-0.39, 0.29) is 23.7 Å². The molecule has 1 heterocycles. The molecule has 1 saturated heterocycles.